The average molecular weight is 483 g/mol. The quantitative estimate of drug-likeness (QED) is 0.671. The molecule has 2 fully saturated rings. The summed E-state index contributed by atoms with van der Waals surface area (Å²) in [6.07, 6.45) is 4.48. The van der Waals surface area contributed by atoms with Gasteiger partial charge < -0.3 is 19.9 Å². The number of amides is 1. The van der Waals surface area contributed by atoms with Gasteiger partial charge in [0.1, 0.15) is 11.8 Å². The molecule has 0 atom stereocenters. The van der Waals surface area contributed by atoms with E-state index >= 15 is 0 Å². The topological polar surface area (TPSA) is 94.4 Å². The Labute approximate surface area is 205 Å². The van der Waals surface area contributed by atoms with Gasteiger partial charge in [0.15, 0.2) is 11.5 Å². The number of rotatable bonds is 6. The highest BCUT2D eigenvalue weighted by Gasteiger charge is 2.25. The van der Waals surface area contributed by atoms with E-state index in [4.69, 9.17) is 21.6 Å². The van der Waals surface area contributed by atoms with Crippen LogP contribution in [0.4, 0.5) is 5.82 Å². The highest BCUT2D eigenvalue weighted by molar-refractivity contribution is 6.31. The maximum absolute atomic E-state index is 12.7. The van der Waals surface area contributed by atoms with Crippen molar-refractivity contribution in [2.75, 3.05) is 37.6 Å². The van der Waals surface area contributed by atoms with Crippen molar-refractivity contribution in [2.45, 2.75) is 51.2 Å². The normalized spacial score (nSPS) is 21.4. The number of hydrogen-bond acceptors (Lipinski definition) is 7. The first kappa shape index (κ1) is 24.2. The number of nitrogens with zero attached hydrogens (tertiary/aromatic N) is 5. The van der Waals surface area contributed by atoms with Crippen LogP contribution in [-0.4, -0.2) is 65.9 Å². The Balaban J connectivity index is 1.24. The fraction of sp³-hybridized carbons (Fsp3) is 0.520. The van der Waals surface area contributed by atoms with E-state index in [1.165, 1.54) is 0 Å². The smallest absolute Gasteiger partial charge is 0.272 e. The molecule has 1 amide bonds. The van der Waals surface area contributed by atoms with Crippen LogP contribution in [0, 0.1) is 11.3 Å². The Morgan fingerprint density at radius 2 is 1.97 bits per heavy atom. The molecule has 1 N–H and O–H groups in total. The molecule has 1 aromatic heterocycles. The Bertz CT molecular complexity index is 1020. The van der Waals surface area contributed by atoms with Crippen molar-refractivity contribution in [1.82, 2.24) is 20.4 Å². The summed E-state index contributed by atoms with van der Waals surface area (Å²) in [4.78, 5) is 17.4. The SMILES string of the molecule is CCN1CCCN(c2ccc(C(=O)NC3CCC(Oc4ccc(C#N)c(Cl)c4)CC3)nn2)CC1. The fourth-order valence-electron chi connectivity index (χ4n) is 4.57. The number of anilines is 1. The zero-order valence-corrected chi connectivity index (χ0v) is 20.3. The van der Waals surface area contributed by atoms with Crippen LogP contribution < -0.4 is 15.0 Å². The van der Waals surface area contributed by atoms with Gasteiger partial charge in [-0.15, -0.1) is 10.2 Å². The molecule has 1 aromatic carbocycles. The van der Waals surface area contributed by atoms with Crippen LogP contribution in [0.25, 0.3) is 0 Å². The molecular weight excluding hydrogens is 452 g/mol. The summed E-state index contributed by atoms with van der Waals surface area (Å²) in [6, 6.07) is 10.9. The minimum Gasteiger partial charge on any atom is -0.490 e. The Morgan fingerprint density at radius 3 is 2.65 bits per heavy atom. The minimum absolute atomic E-state index is 0.0634. The molecule has 8 nitrogen and oxygen atoms in total. The molecule has 0 bridgehead atoms. The van der Waals surface area contributed by atoms with Gasteiger partial charge in [-0.3, -0.25) is 4.79 Å². The van der Waals surface area contributed by atoms with E-state index in [9.17, 15) is 4.79 Å². The summed E-state index contributed by atoms with van der Waals surface area (Å²) < 4.78 is 6.03. The van der Waals surface area contributed by atoms with Crippen molar-refractivity contribution in [3.8, 4) is 11.8 Å². The zero-order chi connectivity index (χ0) is 23.9. The Kier molecular flexibility index (Phi) is 8.20. The van der Waals surface area contributed by atoms with E-state index in [0.29, 0.717) is 22.0 Å². The first-order valence-electron chi connectivity index (χ1n) is 12.0. The van der Waals surface area contributed by atoms with Crippen molar-refractivity contribution in [3.05, 3.63) is 46.6 Å². The molecule has 1 aliphatic carbocycles. The number of benzene rings is 1. The van der Waals surface area contributed by atoms with Gasteiger partial charge in [-0.25, -0.2) is 0 Å². The number of hydrogen-bond donors (Lipinski definition) is 1. The molecule has 1 saturated heterocycles. The lowest BCUT2D eigenvalue weighted by molar-refractivity contribution is 0.0888. The third kappa shape index (κ3) is 6.16. The highest BCUT2D eigenvalue weighted by Crippen LogP contribution is 2.27. The molecule has 1 saturated carbocycles. The van der Waals surface area contributed by atoms with Crippen LogP contribution in [0.2, 0.25) is 5.02 Å². The number of nitrogens with one attached hydrogen (secondary N) is 1. The zero-order valence-electron chi connectivity index (χ0n) is 19.5. The average Bonchev–Trinajstić information content (AvgIpc) is 3.11. The van der Waals surface area contributed by atoms with Crippen molar-refractivity contribution in [1.29, 1.82) is 5.26 Å². The van der Waals surface area contributed by atoms with Crippen molar-refractivity contribution in [3.63, 3.8) is 0 Å². The number of aromatic nitrogens is 2. The molecule has 0 radical (unpaired) electrons. The van der Waals surface area contributed by atoms with E-state index in [2.05, 4.69) is 32.2 Å². The summed E-state index contributed by atoms with van der Waals surface area (Å²) in [5.74, 6) is 1.31. The second-order valence-corrected chi connectivity index (χ2v) is 9.28. The number of nitriles is 1. The number of carbonyl (C=O) groups excluding carboxylic acids is 1. The van der Waals surface area contributed by atoms with Crippen molar-refractivity contribution in [2.24, 2.45) is 0 Å². The van der Waals surface area contributed by atoms with Crippen LogP contribution >= 0.6 is 11.6 Å². The van der Waals surface area contributed by atoms with Crippen LogP contribution in [-0.2, 0) is 0 Å². The molecular formula is C25H31ClN6O2. The lowest BCUT2D eigenvalue weighted by Crippen LogP contribution is -2.40. The van der Waals surface area contributed by atoms with Crippen LogP contribution in [0.3, 0.4) is 0 Å². The Morgan fingerprint density at radius 1 is 1.15 bits per heavy atom. The summed E-state index contributed by atoms with van der Waals surface area (Å²) >= 11 is 6.09. The molecule has 0 unspecified atom stereocenters. The summed E-state index contributed by atoms with van der Waals surface area (Å²) in [7, 11) is 0. The molecule has 9 heteroatoms. The molecule has 34 heavy (non-hydrogen) atoms. The molecule has 180 valence electrons. The number of ether oxygens (including phenoxy) is 1. The van der Waals surface area contributed by atoms with Gasteiger partial charge in [0.25, 0.3) is 5.91 Å². The number of carbonyl (C=O) groups is 1. The van der Waals surface area contributed by atoms with Gasteiger partial charge in [0, 0.05) is 31.7 Å². The van der Waals surface area contributed by atoms with E-state index in [1.54, 1.807) is 24.3 Å². The Hall–Kier alpha value is -2.89. The van der Waals surface area contributed by atoms with E-state index in [-0.39, 0.29) is 18.1 Å². The molecule has 1 aliphatic heterocycles. The predicted molar refractivity (Wildman–Crippen MR) is 131 cm³/mol. The first-order chi connectivity index (χ1) is 16.6. The lowest BCUT2D eigenvalue weighted by atomic mass is 9.93. The maximum Gasteiger partial charge on any atom is 0.272 e. The summed E-state index contributed by atoms with van der Waals surface area (Å²) in [6.45, 7) is 7.26. The largest absolute Gasteiger partial charge is 0.490 e. The summed E-state index contributed by atoms with van der Waals surface area (Å²) in [5, 5.41) is 21.0. The van der Waals surface area contributed by atoms with E-state index in [0.717, 1.165) is 70.6 Å². The van der Waals surface area contributed by atoms with Crippen molar-refractivity contribution < 1.29 is 9.53 Å². The molecule has 2 aliphatic rings. The van der Waals surface area contributed by atoms with Crippen LogP contribution in [0.5, 0.6) is 5.75 Å². The van der Waals surface area contributed by atoms with E-state index < -0.39 is 0 Å². The number of likely N-dealkylation sites (N-methyl/N-ethyl adjacent to an activating group) is 1. The number of halogens is 1. The van der Waals surface area contributed by atoms with Gasteiger partial charge in [-0.2, -0.15) is 5.26 Å². The van der Waals surface area contributed by atoms with Gasteiger partial charge in [0.2, 0.25) is 0 Å². The van der Waals surface area contributed by atoms with Gasteiger partial charge in [-0.1, -0.05) is 18.5 Å². The van der Waals surface area contributed by atoms with E-state index in [1.807, 2.05) is 12.1 Å². The molecule has 2 aromatic rings. The van der Waals surface area contributed by atoms with Crippen LogP contribution in [0.1, 0.15) is 55.1 Å². The first-order valence-corrected chi connectivity index (χ1v) is 12.4. The molecule has 2 heterocycles. The van der Waals surface area contributed by atoms with Gasteiger partial charge in [0.05, 0.1) is 16.7 Å². The third-order valence-corrected chi connectivity index (χ3v) is 6.93. The lowest BCUT2D eigenvalue weighted by Gasteiger charge is -2.29. The highest BCUT2D eigenvalue weighted by atomic mass is 35.5. The third-order valence-electron chi connectivity index (χ3n) is 6.62. The second-order valence-electron chi connectivity index (χ2n) is 8.87. The standard InChI is InChI=1S/C25H31ClN6O2/c1-2-31-12-3-13-32(15-14-31)24-11-10-23(29-30-24)25(33)28-19-5-8-20(9-6-19)34-21-7-4-18(17-27)22(26)16-21/h4,7,10-11,16,19-20H,2-3,5-6,8-9,12-15H2,1H3,(H,28,33). The summed E-state index contributed by atoms with van der Waals surface area (Å²) in [5.41, 5.74) is 0.783. The van der Waals surface area contributed by atoms with Gasteiger partial charge >= 0.3 is 0 Å². The molecule has 4 rings (SSSR count). The van der Waals surface area contributed by atoms with Gasteiger partial charge in [-0.05, 0) is 69.5 Å². The maximum atomic E-state index is 12.7. The second kappa shape index (κ2) is 11.5. The van der Waals surface area contributed by atoms with Crippen LogP contribution in [0.15, 0.2) is 30.3 Å². The predicted octanol–water partition coefficient (Wildman–Crippen LogP) is 3.65. The monoisotopic (exact) mass is 482 g/mol. The molecule has 0 spiro atoms. The van der Waals surface area contributed by atoms with Crippen molar-refractivity contribution >= 4 is 23.3 Å². The minimum atomic E-state index is -0.185. The fourth-order valence-corrected chi connectivity index (χ4v) is 4.78.